The molecule has 1 aromatic carbocycles. The summed E-state index contributed by atoms with van der Waals surface area (Å²) in [5.74, 6) is 0.803. The number of aryl methyl sites for hydroxylation is 1. The van der Waals surface area contributed by atoms with Crippen LogP contribution in [-0.4, -0.2) is 55.6 Å². The van der Waals surface area contributed by atoms with Gasteiger partial charge < -0.3 is 19.9 Å². The highest BCUT2D eigenvalue weighted by atomic mass is 32.1. The number of aliphatic hydroxyl groups is 1. The van der Waals surface area contributed by atoms with Gasteiger partial charge in [0.25, 0.3) is 0 Å². The van der Waals surface area contributed by atoms with Crippen molar-refractivity contribution >= 4 is 11.3 Å². The molecular formula is C20H28N2O3S. The molecule has 2 heterocycles. The SMILES string of the molecule is Cc1ccc(CNCc2cccc(OC[C@@H](O)CN3CCOCC3)c2)s1. The predicted molar refractivity (Wildman–Crippen MR) is 105 cm³/mol. The minimum atomic E-state index is -0.489. The summed E-state index contributed by atoms with van der Waals surface area (Å²) >= 11 is 1.82. The van der Waals surface area contributed by atoms with Gasteiger partial charge in [0, 0.05) is 42.5 Å². The van der Waals surface area contributed by atoms with Crippen LogP contribution in [0.5, 0.6) is 5.75 Å². The Morgan fingerprint density at radius 3 is 2.85 bits per heavy atom. The van der Waals surface area contributed by atoms with E-state index in [-0.39, 0.29) is 0 Å². The molecular weight excluding hydrogens is 348 g/mol. The fraction of sp³-hybridized carbons (Fsp3) is 0.500. The number of benzene rings is 1. The van der Waals surface area contributed by atoms with E-state index in [0.717, 1.165) is 45.1 Å². The van der Waals surface area contributed by atoms with Gasteiger partial charge in [-0.05, 0) is 36.8 Å². The summed E-state index contributed by atoms with van der Waals surface area (Å²) in [6.45, 7) is 7.98. The molecule has 2 aromatic rings. The van der Waals surface area contributed by atoms with Gasteiger partial charge in [-0.25, -0.2) is 0 Å². The van der Waals surface area contributed by atoms with Gasteiger partial charge in [-0.15, -0.1) is 11.3 Å². The van der Waals surface area contributed by atoms with E-state index in [4.69, 9.17) is 9.47 Å². The zero-order valence-corrected chi connectivity index (χ0v) is 16.1. The van der Waals surface area contributed by atoms with Gasteiger partial charge in [-0.3, -0.25) is 4.90 Å². The normalized spacial score (nSPS) is 16.5. The number of nitrogens with one attached hydrogen (secondary N) is 1. The van der Waals surface area contributed by atoms with Crippen LogP contribution >= 0.6 is 11.3 Å². The smallest absolute Gasteiger partial charge is 0.119 e. The van der Waals surface area contributed by atoms with Gasteiger partial charge in [0.05, 0.1) is 13.2 Å². The van der Waals surface area contributed by atoms with Gasteiger partial charge in [0.1, 0.15) is 18.5 Å². The number of rotatable bonds is 9. The number of hydrogen-bond donors (Lipinski definition) is 2. The van der Waals surface area contributed by atoms with E-state index in [1.807, 2.05) is 29.5 Å². The van der Waals surface area contributed by atoms with Crippen LogP contribution in [0.15, 0.2) is 36.4 Å². The van der Waals surface area contributed by atoms with Crippen LogP contribution in [0.4, 0.5) is 0 Å². The largest absolute Gasteiger partial charge is 0.491 e. The van der Waals surface area contributed by atoms with Crippen molar-refractivity contribution in [2.75, 3.05) is 39.5 Å². The van der Waals surface area contributed by atoms with Crippen molar-refractivity contribution in [2.45, 2.75) is 26.1 Å². The fourth-order valence-electron chi connectivity index (χ4n) is 2.98. The third kappa shape index (κ3) is 6.37. The Hall–Kier alpha value is -1.44. The maximum Gasteiger partial charge on any atom is 0.119 e. The summed E-state index contributed by atoms with van der Waals surface area (Å²) < 4.78 is 11.1. The van der Waals surface area contributed by atoms with E-state index >= 15 is 0 Å². The standard InChI is InChI=1S/C20H28N2O3S/c1-16-5-6-20(26-16)13-21-12-17-3-2-4-19(11-17)25-15-18(23)14-22-7-9-24-10-8-22/h2-6,11,18,21,23H,7-10,12-15H2,1H3/t18-/m0/s1. The van der Waals surface area contributed by atoms with Gasteiger partial charge in [0.2, 0.25) is 0 Å². The van der Waals surface area contributed by atoms with Crippen molar-refractivity contribution in [1.29, 1.82) is 0 Å². The zero-order chi connectivity index (χ0) is 18.2. The topological polar surface area (TPSA) is 54.0 Å². The van der Waals surface area contributed by atoms with Crippen LogP contribution in [0.25, 0.3) is 0 Å². The minimum Gasteiger partial charge on any atom is -0.491 e. The molecule has 1 atom stereocenters. The molecule has 0 unspecified atom stereocenters. The minimum absolute atomic E-state index is 0.308. The van der Waals surface area contributed by atoms with Crippen molar-refractivity contribution in [1.82, 2.24) is 10.2 Å². The van der Waals surface area contributed by atoms with Gasteiger partial charge in [-0.1, -0.05) is 12.1 Å². The van der Waals surface area contributed by atoms with Crippen molar-refractivity contribution in [3.05, 3.63) is 51.7 Å². The molecule has 2 N–H and O–H groups in total. The Bertz CT molecular complexity index is 671. The van der Waals surface area contributed by atoms with Crippen LogP contribution in [-0.2, 0) is 17.8 Å². The van der Waals surface area contributed by atoms with E-state index in [1.165, 1.54) is 15.3 Å². The molecule has 5 nitrogen and oxygen atoms in total. The van der Waals surface area contributed by atoms with E-state index < -0.39 is 6.10 Å². The van der Waals surface area contributed by atoms with Crippen LogP contribution in [0.3, 0.4) is 0 Å². The van der Waals surface area contributed by atoms with Crippen molar-refractivity contribution in [2.24, 2.45) is 0 Å². The van der Waals surface area contributed by atoms with Gasteiger partial charge in [-0.2, -0.15) is 0 Å². The summed E-state index contributed by atoms with van der Waals surface area (Å²) in [4.78, 5) is 4.90. The third-order valence-electron chi connectivity index (χ3n) is 4.34. The van der Waals surface area contributed by atoms with Crippen molar-refractivity contribution in [3.63, 3.8) is 0 Å². The maximum atomic E-state index is 10.2. The lowest BCUT2D eigenvalue weighted by atomic mass is 10.2. The first kappa shape index (κ1) is 19.3. The van der Waals surface area contributed by atoms with Crippen molar-refractivity contribution in [3.8, 4) is 5.75 Å². The van der Waals surface area contributed by atoms with Crippen LogP contribution in [0.1, 0.15) is 15.3 Å². The number of ether oxygens (including phenoxy) is 2. The van der Waals surface area contributed by atoms with E-state index in [1.54, 1.807) is 0 Å². The van der Waals surface area contributed by atoms with E-state index in [2.05, 4.69) is 35.3 Å². The average molecular weight is 377 g/mol. The molecule has 6 heteroatoms. The second-order valence-corrected chi connectivity index (χ2v) is 8.01. The number of hydrogen-bond acceptors (Lipinski definition) is 6. The molecule has 3 rings (SSSR count). The second-order valence-electron chi connectivity index (χ2n) is 6.64. The van der Waals surface area contributed by atoms with Gasteiger partial charge in [0.15, 0.2) is 0 Å². The summed E-state index contributed by atoms with van der Waals surface area (Å²) in [6, 6.07) is 12.4. The maximum absolute atomic E-state index is 10.2. The third-order valence-corrected chi connectivity index (χ3v) is 5.34. The molecule has 1 aliphatic heterocycles. The highest BCUT2D eigenvalue weighted by molar-refractivity contribution is 7.11. The van der Waals surface area contributed by atoms with E-state index in [0.29, 0.717) is 13.2 Å². The molecule has 26 heavy (non-hydrogen) atoms. The number of morpholine rings is 1. The summed E-state index contributed by atoms with van der Waals surface area (Å²) in [5.41, 5.74) is 1.18. The van der Waals surface area contributed by atoms with E-state index in [9.17, 15) is 5.11 Å². The molecule has 0 amide bonds. The van der Waals surface area contributed by atoms with Crippen LogP contribution in [0.2, 0.25) is 0 Å². The summed E-state index contributed by atoms with van der Waals surface area (Å²) in [7, 11) is 0. The number of aliphatic hydroxyl groups excluding tert-OH is 1. The Morgan fingerprint density at radius 1 is 1.23 bits per heavy atom. The lowest BCUT2D eigenvalue weighted by Crippen LogP contribution is -2.42. The molecule has 1 saturated heterocycles. The fourth-order valence-corrected chi connectivity index (χ4v) is 3.84. The Balaban J connectivity index is 1.40. The molecule has 0 spiro atoms. The highest BCUT2D eigenvalue weighted by Gasteiger charge is 2.15. The predicted octanol–water partition coefficient (Wildman–Crippen LogP) is 2.42. The molecule has 142 valence electrons. The first-order chi connectivity index (χ1) is 12.7. The summed E-state index contributed by atoms with van der Waals surface area (Å²) in [5, 5.41) is 13.6. The molecule has 1 fully saturated rings. The number of nitrogens with zero attached hydrogens (tertiary/aromatic N) is 1. The quantitative estimate of drug-likeness (QED) is 0.704. The lowest BCUT2D eigenvalue weighted by molar-refractivity contribution is 0.00465. The Morgan fingerprint density at radius 2 is 2.08 bits per heavy atom. The molecule has 1 aromatic heterocycles. The molecule has 0 bridgehead atoms. The monoisotopic (exact) mass is 376 g/mol. The van der Waals surface area contributed by atoms with Gasteiger partial charge >= 0.3 is 0 Å². The van der Waals surface area contributed by atoms with Crippen molar-refractivity contribution < 1.29 is 14.6 Å². The second kappa shape index (κ2) is 10.0. The first-order valence-electron chi connectivity index (χ1n) is 9.15. The van der Waals surface area contributed by atoms with Crippen LogP contribution < -0.4 is 10.1 Å². The Kier molecular flexibility index (Phi) is 7.46. The Labute approximate surface area is 159 Å². The number of thiophene rings is 1. The zero-order valence-electron chi connectivity index (χ0n) is 15.3. The average Bonchev–Trinajstić information content (AvgIpc) is 3.06. The van der Waals surface area contributed by atoms with Crippen LogP contribution in [0, 0.1) is 6.92 Å². The molecule has 0 saturated carbocycles. The molecule has 0 aliphatic carbocycles. The number of β-amino-alcohol motifs (C(OH)–C–C–N with tert-alkyl or cyclic N) is 1. The molecule has 0 radical (unpaired) electrons. The summed E-state index contributed by atoms with van der Waals surface area (Å²) in [6.07, 6.45) is -0.489. The highest BCUT2D eigenvalue weighted by Crippen LogP contribution is 2.16. The first-order valence-corrected chi connectivity index (χ1v) is 9.96. The molecule has 1 aliphatic rings. The lowest BCUT2D eigenvalue weighted by Gasteiger charge is -2.28.